The Balaban J connectivity index is 2.06. The summed E-state index contributed by atoms with van der Waals surface area (Å²) < 4.78 is 5.99. The van der Waals surface area contributed by atoms with E-state index < -0.39 is 0 Å². The fourth-order valence-electron chi connectivity index (χ4n) is 1.80. The molecule has 1 aliphatic rings. The lowest BCUT2D eigenvalue weighted by Gasteiger charge is -2.32. The summed E-state index contributed by atoms with van der Waals surface area (Å²) in [5.74, 6) is 1.53. The number of allylic oxidation sites excluding steroid dienone is 4. The number of hydrogen-bond donors (Lipinski definition) is 0. The highest BCUT2D eigenvalue weighted by Gasteiger charge is 2.29. The second kappa shape index (κ2) is 5.06. The SMILES string of the molecule is Cc1ccccc1OPC1(C)C=CC=CC1C. The van der Waals surface area contributed by atoms with E-state index in [0.29, 0.717) is 14.7 Å². The van der Waals surface area contributed by atoms with Crippen LogP contribution < -0.4 is 4.52 Å². The molecule has 0 radical (unpaired) electrons. The van der Waals surface area contributed by atoms with Gasteiger partial charge in [-0.2, -0.15) is 0 Å². The molecule has 1 aliphatic carbocycles. The van der Waals surface area contributed by atoms with Crippen LogP contribution in [-0.2, 0) is 0 Å². The molecule has 2 heteroatoms. The maximum atomic E-state index is 5.99. The van der Waals surface area contributed by atoms with Crippen molar-refractivity contribution < 1.29 is 4.52 Å². The molecule has 3 atom stereocenters. The summed E-state index contributed by atoms with van der Waals surface area (Å²) in [6.07, 6.45) is 8.74. The maximum absolute atomic E-state index is 5.99. The van der Waals surface area contributed by atoms with Crippen molar-refractivity contribution in [3.63, 3.8) is 0 Å². The fraction of sp³-hybridized carbons (Fsp3) is 0.333. The molecule has 0 saturated carbocycles. The first kappa shape index (κ1) is 12.4. The van der Waals surface area contributed by atoms with Gasteiger partial charge in [-0.25, -0.2) is 0 Å². The third kappa shape index (κ3) is 2.79. The van der Waals surface area contributed by atoms with E-state index in [2.05, 4.69) is 51.1 Å². The van der Waals surface area contributed by atoms with Gasteiger partial charge < -0.3 is 4.52 Å². The molecule has 0 spiro atoms. The summed E-state index contributed by atoms with van der Waals surface area (Å²) in [7, 11) is 0.450. The van der Waals surface area contributed by atoms with E-state index in [1.165, 1.54) is 5.56 Å². The Morgan fingerprint density at radius 2 is 2.00 bits per heavy atom. The first-order valence-corrected chi connectivity index (χ1v) is 6.88. The topological polar surface area (TPSA) is 9.23 Å². The van der Waals surface area contributed by atoms with Gasteiger partial charge in [0.25, 0.3) is 0 Å². The highest BCUT2D eigenvalue weighted by Crippen LogP contribution is 2.43. The second-order valence-electron chi connectivity index (χ2n) is 4.79. The molecule has 0 saturated heterocycles. The molecule has 0 heterocycles. The second-order valence-corrected chi connectivity index (χ2v) is 6.27. The van der Waals surface area contributed by atoms with Gasteiger partial charge in [-0.3, -0.25) is 0 Å². The molecular weight excluding hydrogens is 227 g/mol. The van der Waals surface area contributed by atoms with Gasteiger partial charge >= 0.3 is 0 Å². The highest BCUT2D eigenvalue weighted by molar-refractivity contribution is 7.35. The van der Waals surface area contributed by atoms with Crippen molar-refractivity contribution in [2.24, 2.45) is 5.92 Å². The number of benzene rings is 1. The molecule has 0 N–H and O–H groups in total. The van der Waals surface area contributed by atoms with Crippen LogP contribution in [0.2, 0.25) is 0 Å². The summed E-state index contributed by atoms with van der Waals surface area (Å²) >= 11 is 0. The van der Waals surface area contributed by atoms with Crippen molar-refractivity contribution in [1.29, 1.82) is 0 Å². The lowest BCUT2D eigenvalue weighted by molar-refractivity contribution is 0.534. The standard InChI is InChI=1S/C15H19OP/c1-12-8-4-5-10-14(12)16-17-15(3)11-7-6-9-13(15)2/h4-11,13,17H,1-3H3. The van der Waals surface area contributed by atoms with E-state index in [-0.39, 0.29) is 5.16 Å². The first-order chi connectivity index (χ1) is 8.12. The van der Waals surface area contributed by atoms with Crippen LogP contribution in [0.1, 0.15) is 19.4 Å². The monoisotopic (exact) mass is 246 g/mol. The maximum Gasteiger partial charge on any atom is 0.125 e. The van der Waals surface area contributed by atoms with E-state index in [1.54, 1.807) is 0 Å². The molecule has 1 aromatic carbocycles. The van der Waals surface area contributed by atoms with Gasteiger partial charge in [0.2, 0.25) is 0 Å². The molecule has 0 aliphatic heterocycles. The lowest BCUT2D eigenvalue weighted by Crippen LogP contribution is -2.26. The summed E-state index contributed by atoms with van der Waals surface area (Å²) in [4.78, 5) is 0. The van der Waals surface area contributed by atoms with Crippen molar-refractivity contribution in [1.82, 2.24) is 0 Å². The van der Waals surface area contributed by atoms with Gasteiger partial charge in [0.15, 0.2) is 0 Å². The molecular formula is C15H19OP. The van der Waals surface area contributed by atoms with Gasteiger partial charge in [0, 0.05) is 5.16 Å². The molecule has 0 fully saturated rings. The number of rotatable bonds is 3. The summed E-state index contributed by atoms with van der Waals surface area (Å²) in [5, 5.41) is 0.122. The Labute approximate surface area is 105 Å². The molecule has 0 bridgehead atoms. The van der Waals surface area contributed by atoms with Crippen LogP contribution in [0.15, 0.2) is 48.6 Å². The molecule has 1 aromatic rings. The fourth-order valence-corrected chi connectivity index (χ4v) is 2.81. The van der Waals surface area contributed by atoms with Gasteiger partial charge in [0.05, 0.1) is 8.81 Å². The van der Waals surface area contributed by atoms with Crippen molar-refractivity contribution in [2.45, 2.75) is 25.9 Å². The number of aryl methyl sites for hydroxylation is 1. The predicted molar refractivity (Wildman–Crippen MR) is 76.0 cm³/mol. The quantitative estimate of drug-likeness (QED) is 0.714. The number of hydrogen-bond acceptors (Lipinski definition) is 1. The summed E-state index contributed by atoms with van der Waals surface area (Å²) in [5.41, 5.74) is 1.20. The zero-order valence-corrected chi connectivity index (χ0v) is 11.6. The molecule has 3 unspecified atom stereocenters. The molecule has 0 aromatic heterocycles. The van der Waals surface area contributed by atoms with Crippen molar-refractivity contribution in [3.05, 3.63) is 54.1 Å². The minimum absolute atomic E-state index is 0.122. The Kier molecular flexibility index (Phi) is 3.69. The Hall–Kier alpha value is -1.07. The lowest BCUT2D eigenvalue weighted by atomic mass is 9.91. The smallest absolute Gasteiger partial charge is 0.125 e. The van der Waals surface area contributed by atoms with Crippen LogP contribution in [0, 0.1) is 12.8 Å². The average Bonchev–Trinajstić information content (AvgIpc) is 2.32. The Morgan fingerprint density at radius 1 is 1.24 bits per heavy atom. The van der Waals surface area contributed by atoms with Crippen molar-refractivity contribution >= 4 is 8.81 Å². The third-order valence-electron chi connectivity index (χ3n) is 3.37. The molecule has 17 heavy (non-hydrogen) atoms. The van der Waals surface area contributed by atoms with Crippen LogP contribution in [0.5, 0.6) is 5.75 Å². The van der Waals surface area contributed by atoms with E-state index in [1.807, 2.05) is 18.2 Å². The van der Waals surface area contributed by atoms with Crippen LogP contribution in [0.25, 0.3) is 0 Å². The van der Waals surface area contributed by atoms with Crippen LogP contribution in [0.3, 0.4) is 0 Å². The average molecular weight is 246 g/mol. The minimum atomic E-state index is 0.122. The van der Waals surface area contributed by atoms with Crippen molar-refractivity contribution in [3.8, 4) is 5.75 Å². The summed E-state index contributed by atoms with van der Waals surface area (Å²) in [6.45, 7) is 6.59. The minimum Gasteiger partial charge on any atom is -0.476 e. The summed E-state index contributed by atoms with van der Waals surface area (Å²) in [6, 6.07) is 8.19. The molecule has 0 amide bonds. The van der Waals surface area contributed by atoms with E-state index in [0.717, 1.165) is 5.75 Å². The van der Waals surface area contributed by atoms with Crippen LogP contribution >= 0.6 is 8.81 Å². The third-order valence-corrected chi connectivity index (χ3v) is 4.76. The Bertz CT molecular complexity index is 450. The zero-order valence-electron chi connectivity index (χ0n) is 10.6. The van der Waals surface area contributed by atoms with E-state index >= 15 is 0 Å². The predicted octanol–water partition coefficient (Wildman–Crippen LogP) is 4.49. The first-order valence-electron chi connectivity index (χ1n) is 5.97. The van der Waals surface area contributed by atoms with Crippen LogP contribution in [-0.4, -0.2) is 5.16 Å². The van der Waals surface area contributed by atoms with Gasteiger partial charge in [0.1, 0.15) is 5.75 Å². The van der Waals surface area contributed by atoms with Gasteiger partial charge in [-0.15, -0.1) is 0 Å². The van der Waals surface area contributed by atoms with Crippen LogP contribution in [0.4, 0.5) is 0 Å². The zero-order chi connectivity index (χ0) is 12.3. The largest absolute Gasteiger partial charge is 0.476 e. The normalized spacial score (nSPS) is 27.8. The Morgan fingerprint density at radius 3 is 2.71 bits per heavy atom. The highest BCUT2D eigenvalue weighted by atomic mass is 31.1. The molecule has 1 nitrogen and oxygen atoms in total. The number of para-hydroxylation sites is 1. The van der Waals surface area contributed by atoms with Gasteiger partial charge in [-0.1, -0.05) is 49.4 Å². The molecule has 2 rings (SSSR count). The van der Waals surface area contributed by atoms with E-state index in [9.17, 15) is 0 Å². The van der Waals surface area contributed by atoms with E-state index in [4.69, 9.17) is 4.52 Å². The van der Waals surface area contributed by atoms with Crippen molar-refractivity contribution in [2.75, 3.05) is 0 Å². The van der Waals surface area contributed by atoms with Gasteiger partial charge in [-0.05, 0) is 31.4 Å². The molecule has 90 valence electrons.